The van der Waals surface area contributed by atoms with Gasteiger partial charge in [0.1, 0.15) is 5.82 Å². The number of aromatic nitrogens is 2. The van der Waals surface area contributed by atoms with Gasteiger partial charge in [-0.25, -0.2) is 14.8 Å². The molecule has 0 aromatic carbocycles. The predicted octanol–water partition coefficient (Wildman–Crippen LogP) is 1.18. The molecular formula is C9H12N2O3. The van der Waals surface area contributed by atoms with E-state index in [2.05, 4.69) is 9.97 Å². The van der Waals surface area contributed by atoms with Gasteiger partial charge in [-0.3, -0.25) is 0 Å². The molecular weight excluding hydrogens is 184 g/mol. The highest BCUT2D eigenvalue weighted by Gasteiger charge is 2.21. The summed E-state index contributed by atoms with van der Waals surface area (Å²) in [6.45, 7) is 5.60. The van der Waals surface area contributed by atoms with Crippen LogP contribution in [0.5, 0.6) is 5.75 Å². The number of hydrogen-bond acceptors (Lipinski definition) is 4. The second-order valence-electron chi connectivity index (χ2n) is 3.98. The van der Waals surface area contributed by atoms with Crippen molar-refractivity contribution in [2.75, 3.05) is 0 Å². The number of aromatic hydroxyl groups is 1. The van der Waals surface area contributed by atoms with Crippen molar-refractivity contribution in [3.8, 4) is 5.75 Å². The van der Waals surface area contributed by atoms with Gasteiger partial charge in [0.2, 0.25) is 0 Å². The predicted molar refractivity (Wildman–Crippen MR) is 49.4 cm³/mol. The Morgan fingerprint density at radius 3 is 2.43 bits per heavy atom. The Labute approximate surface area is 81.4 Å². The van der Waals surface area contributed by atoms with Crippen LogP contribution in [0.3, 0.4) is 0 Å². The number of carboxylic acids is 1. The minimum absolute atomic E-state index is 0.335. The molecule has 5 nitrogen and oxygen atoms in total. The van der Waals surface area contributed by atoms with Crippen LogP contribution in [0, 0.1) is 0 Å². The van der Waals surface area contributed by atoms with Crippen molar-refractivity contribution in [1.29, 1.82) is 0 Å². The summed E-state index contributed by atoms with van der Waals surface area (Å²) in [6.07, 6.45) is 1.11. The van der Waals surface area contributed by atoms with Crippen molar-refractivity contribution in [3.63, 3.8) is 0 Å². The second kappa shape index (κ2) is 3.25. The lowest BCUT2D eigenvalue weighted by molar-refractivity contribution is 0.0686. The maximum absolute atomic E-state index is 10.7. The summed E-state index contributed by atoms with van der Waals surface area (Å²) in [7, 11) is 0. The fraction of sp³-hybridized carbons (Fsp3) is 0.444. The van der Waals surface area contributed by atoms with Crippen LogP contribution in [0.25, 0.3) is 0 Å². The Kier molecular flexibility index (Phi) is 2.42. The molecule has 0 saturated carbocycles. The van der Waals surface area contributed by atoms with Gasteiger partial charge in [0.05, 0.1) is 6.20 Å². The quantitative estimate of drug-likeness (QED) is 0.704. The molecule has 1 heterocycles. The van der Waals surface area contributed by atoms with E-state index in [0.717, 1.165) is 6.20 Å². The molecule has 14 heavy (non-hydrogen) atoms. The molecule has 1 aromatic heterocycles. The summed E-state index contributed by atoms with van der Waals surface area (Å²) in [5.74, 6) is -1.27. The topological polar surface area (TPSA) is 83.3 Å². The molecule has 0 fully saturated rings. The van der Waals surface area contributed by atoms with Gasteiger partial charge in [-0.2, -0.15) is 0 Å². The summed E-state index contributed by atoms with van der Waals surface area (Å²) in [6, 6.07) is 0. The Balaban J connectivity index is 3.27. The number of carbonyl (C=O) groups is 1. The van der Waals surface area contributed by atoms with Crippen LogP contribution in [-0.4, -0.2) is 26.2 Å². The van der Waals surface area contributed by atoms with Gasteiger partial charge in [0.15, 0.2) is 11.4 Å². The van der Waals surface area contributed by atoms with Crippen molar-refractivity contribution >= 4 is 5.97 Å². The van der Waals surface area contributed by atoms with Crippen LogP contribution in [0.1, 0.15) is 37.1 Å². The fourth-order valence-electron chi connectivity index (χ4n) is 0.894. The van der Waals surface area contributed by atoms with E-state index in [-0.39, 0.29) is 11.1 Å². The van der Waals surface area contributed by atoms with Gasteiger partial charge < -0.3 is 10.2 Å². The van der Waals surface area contributed by atoms with Gasteiger partial charge in [0, 0.05) is 5.41 Å². The maximum Gasteiger partial charge on any atom is 0.358 e. The molecule has 0 aliphatic rings. The molecule has 5 heteroatoms. The van der Waals surface area contributed by atoms with E-state index < -0.39 is 11.7 Å². The monoisotopic (exact) mass is 196 g/mol. The Morgan fingerprint density at radius 2 is 2.00 bits per heavy atom. The first-order chi connectivity index (χ1) is 6.32. The van der Waals surface area contributed by atoms with E-state index in [4.69, 9.17) is 10.2 Å². The van der Waals surface area contributed by atoms with E-state index in [9.17, 15) is 4.79 Å². The van der Waals surface area contributed by atoms with Crippen molar-refractivity contribution in [2.45, 2.75) is 26.2 Å². The van der Waals surface area contributed by atoms with E-state index in [1.807, 2.05) is 20.8 Å². The molecule has 0 amide bonds. The van der Waals surface area contributed by atoms with Crippen LogP contribution in [-0.2, 0) is 5.41 Å². The number of hydrogen-bond donors (Lipinski definition) is 2. The zero-order chi connectivity index (χ0) is 10.9. The van der Waals surface area contributed by atoms with E-state index in [0.29, 0.717) is 5.82 Å². The van der Waals surface area contributed by atoms with E-state index in [1.54, 1.807) is 0 Å². The van der Waals surface area contributed by atoms with Gasteiger partial charge in [-0.1, -0.05) is 20.8 Å². The largest absolute Gasteiger partial charge is 0.504 e. The van der Waals surface area contributed by atoms with Crippen molar-refractivity contribution < 1.29 is 15.0 Å². The van der Waals surface area contributed by atoms with Crippen LogP contribution >= 0.6 is 0 Å². The number of rotatable bonds is 1. The smallest absolute Gasteiger partial charge is 0.358 e. The number of nitrogens with zero attached hydrogens (tertiary/aromatic N) is 2. The minimum Gasteiger partial charge on any atom is -0.504 e. The molecule has 0 aliphatic heterocycles. The molecule has 0 spiro atoms. The molecule has 2 N–H and O–H groups in total. The third-order valence-corrected chi connectivity index (χ3v) is 1.64. The second-order valence-corrected chi connectivity index (χ2v) is 3.98. The highest BCUT2D eigenvalue weighted by molar-refractivity contribution is 5.88. The summed E-state index contributed by atoms with van der Waals surface area (Å²) in [5.41, 5.74) is -0.692. The van der Waals surface area contributed by atoms with Crippen LogP contribution < -0.4 is 0 Å². The SMILES string of the molecule is CC(C)(C)c1ncc(O)c(C(=O)O)n1. The van der Waals surface area contributed by atoms with Crippen molar-refractivity contribution in [2.24, 2.45) is 0 Å². The summed E-state index contributed by atoms with van der Waals surface area (Å²) in [5, 5.41) is 17.9. The fourth-order valence-corrected chi connectivity index (χ4v) is 0.894. The van der Waals surface area contributed by atoms with Crippen molar-refractivity contribution in [3.05, 3.63) is 17.7 Å². The Hall–Kier alpha value is -1.65. The maximum atomic E-state index is 10.7. The first-order valence-corrected chi connectivity index (χ1v) is 4.12. The molecule has 1 aromatic rings. The van der Waals surface area contributed by atoms with Crippen LogP contribution in [0.2, 0.25) is 0 Å². The summed E-state index contributed by atoms with van der Waals surface area (Å²) < 4.78 is 0. The van der Waals surface area contributed by atoms with Gasteiger partial charge in [-0.05, 0) is 0 Å². The first kappa shape index (κ1) is 10.4. The third kappa shape index (κ3) is 1.99. The lowest BCUT2D eigenvalue weighted by Gasteiger charge is -2.16. The normalized spacial score (nSPS) is 11.4. The molecule has 0 saturated heterocycles. The lowest BCUT2D eigenvalue weighted by Crippen LogP contribution is -2.18. The third-order valence-electron chi connectivity index (χ3n) is 1.64. The molecule has 1 rings (SSSR count). The molecule has 0 aliphatic carbocycles. The van der Waals surface area contributed by atoms with E-state index >= 15 is 0 Å². The van der Waals surface area contributed by atoms with Crippen LogP contribution in [0.15, 0.2) is 6.20 Å². The highest BCUT2D eigenvalue weighted by atomic mass is 16.4. The molecule has 76 valence electrons. The Bertz CT molecular complexity index is 369. The first-order valence-electron chi connectivity index (χ1n) is 4.12. The highest BCUT2D eigenvalue weighted by Crippen LogP contribution is 2.21. The average molecular weight is 196 g/mol. The zero-order valence-corrected chi connectivity index (χ0v) is 8.27. The molecule has 0 radical (unpaired) electrons. The summed E-state index contributed by atoms with van der Waals surface area (Å²) >= 11 is 0. The Morgan fingerprint density at radius 1 is 1.43 bits per heavy atom. The number of aromatic carboxylic acids is 1. The standard InChI is InChI=1S/C9H12N2O3/c1-9(2,3)8-10-4-5(12)6(11-8)7(13)14/h4,12H,1-3H3,(H,13,14). The van der Waals surface area contributed by atoms with Crippen molar-refractivity contribution in [1.82, 2.24) is 9.97 Å². The van der Waals surface area contributed by atoms with Crippen LogP contribution in [0.4, 0.5) is 0 Å². The van der Waals surface area contributed by atoms with Gasteiger partial charge in [-0.15, -0.1) is 0 Å². The van der Waals surface area contributed by atoms with Gasteiger partial charge in [0.25, 0.3) is 0 Å². The lowest BCUT2D eigenvalue weighted by atomic mass is 9.95. The van der Waals surface area contributed by atoms with Gasteiger partial charge >= 0.3 is 5.97 Å². The minimum atomic E-state index is -1.25. The molecule has 0 unspecified atom stereocenters. The summed E-state index contributed by atoms with van der Waals surface area (Å²) in [4.78, 5) is 18.3. The average Bonchev–Trinajstić information content (AvgIpc) is 2.02. The van der Waals surface area contributed by atoms with E-state index in [1.165, 1.54) is 0 Å². The molecule has 0 atom stereocenters. The molecule has 0 bridgehead atoms. The zero-order valence-electron chi connectivity index (χ0n) is 8.27. The number of carboxylic acid groups (broad SMARTS) is 1.